The molecule has 1 aliphatic heterocycles. The molecule has 0 unspecified atom stereocenters. The highest BCUT2D eigenvalue weighted by molar-refractivity contribution is 6.21. The SMILES string of the molecule is Cc1cc(OCCO)ccc1Nc1oc(C=C2C=Nc3ncccc32)c(O)c1C(=O)O. The number of aliphatic hydroxyl groups is 1. The Morgan fingerprint density at radius 2 is 2.16 bits per heavy atom. The summed E-state index contributed by atoms with van der Waals surface area (Å²) in [5.41, 5.74) is 2.33. The molecule has 9 heteroatoms. The van der Waals surface area contributed by atoms with Crippen molar-refractivity contribution in [3.05, 3.63) is 59.0 Å². The van der Waals surface area contributed by atoms with Gasteiger partial charge in [0.1, 0.15) is 12.4 Å². The molecule has 0 amide bonds. The number of carboxylic acid groups (broad SMARTS) is 1. The van der Waals surface area contributed by atoms with Crippen molar-refractivity contribution < 1.29 is 29.3 Å². The Morgan fingerprint density at radius 3 is 2.90 bits per heavy atom. The van der Waals surface area contributed by atoms with Gasteiger partial charge in [-0.25, -0.2) is 14.8 Å². The molecule has 1 aromatic carbocycles. The van der Waals surface area contributed by atoms with Gasteiger partial charge in [-0.3, -0.25) is 0 Å². The number of aliphatic hydroxyl groups excluding tert-OH is 1. The third-order valence-electron chi connectivity index (χ3n) is 4.64. The molecule has 4 rings (SSSR count). The zero-order valence-corrected chi connectivity index (χ0v) is 16.5. The number of ether oxygens (including phenoxy) is 1. The fraction of sp³-hybridized carbons (Fsp3) is 0.136. The molecule has 0 atom stereocenters. The van der Waals surface area contributed by atoms with E-state index in [0.717, 1.165) is 11.1 Å². The molecule has 158 valence electrons. The third-order valence-corrected chi connectivity index (χ3v) is 4.64. The first kappa shape index (κ1) is 20.2. The minimum atomic E-state index is -1.34. The number of carbonyl (C=O) groups is 1. The average Bonchev–Trinajstić information content (AvgIpc) is 3.29. The number of benzene rings is 1. The maximum absolute atomic E-state index is 11.8. The lowest BCUT2D eigenvalue weighted by atomic mass is 10.1. The lowest BCUT2D eigenvalue weighted by Gasteiger charge is -2.10. The Morgan fingerprint density at radius 1 is 1.32 bits per heavy atom. The summed E-state index contributed by atoms with van der Waals surface area (Å²) in [7, 11) is 0. The number of aromatic carboxylic acids is 1. The van der Waals surface area contributed by atoms with Crippen LogP contribution in [-0.2, 0) is 0 Å². The topological polar surface area (TPSA) is 137 Å². The minimum Gasteiger partial charge on any atom is -0.504 e. The van der Waals surface area contributed by atoms with E-state index >= 15 is 0 Å². The van der Waals surface area contributed by atoms with Crippen molar-refractivity contribution in [1.29, 1.82) is 0 Å². The molecular formula is C22H19N3O6. The molecule has 0 radical (unpaired) electrons. The highest BCUT2D eigenvalue weighted by Gasteiger charge is 2.26. The quantitative estimate of drug-likeness (QED) is 0.452. The molecule has 0 spiro atoms. The molecule has 0 saturated heterocycles. The second-order valence-corrected chi connectivity index (χ2v) is 6.73. The summed E-state index contributed by atoms with van der Waals surface area (Å²) in [6.07, 6.45) is 4.71. The maximum Gasteiger partial charge on any atom is 0.345 e. The van der Waals surface area contributed by atoms with Crippen molar-refractivity contribution in [2.45, 2.75) is 6.92 Å². The van der Waals surface area contributed by atoms with Crippen LogP contribution < -0.4 is 10.1 Å². The van der Waals surface area contributed by atoms with Crippen LogP contribution in [0.5, 0.6) is 11.5 Å². The van der Waals surface area contributed by atoms with Crippen LogP contribution >= 0.6 is 0 Å². The molecule has 0 bridgehead atoms. The molecular weight excluding hydrogens is 402 g/mol. The Kier molecular flexibility index (Phi) is 5.42. The summed E-state index contributed by atoms with van der Waals surface area (Å²) in [4.78, 5) is 20.1. The van der Waals surface area contributed by atoms with E-state index in [0.29, 0.717) is 22.8 Å². The highest BCUT2D eigenvalue weighted by atomic mass is 16.5. The fourth-order valence-corrected chi connectivity index (χ4v) is 3.16. The first-order valence-electron chi connectivity index (χ1n) is 9.39. The lowest BCUT2D eigenvalue weighted by Crippen LogP contribution is -2.03. The van der Waals surface area contributed by atoms with Crippen molar-refractivity contribution in [2.75, 3.05) is 18.5 Å². The molecule has 3 aromatic rings. The van der Waals surface area contributed by atoms with Crippen LogP contribution in [0, 0.1) is 6.92 Å². The number of hydrogen-bond acceptors (Lipinski definition) is 8. The average molecular weight is 421 g/mol. The first-order valence-corrected chi connectivity index (χ1v) is 9.39. The predicted molar refractivity (Wildman–Crippen MR) is 115 cm³/mol. The molecule has 2 aromatic heterocycles. The maximum atomic E-state index is 11.8. The number of nitrogens with one attached hydrogen (secondary N) is 1. The van der Waals surface area contributed by atoms with Gasteiger partial charge >= 0.3 is 5.97 Å². The predicted octanol–water partition coefficient (Wildman–Crippen LogP) is 3.76. The molecule has 1 aliphatic rings. The van der Waals surface area contributed by atoms with Crippen molar-refractivity contribution in [3.8, 4) is 11.5 Å². The smallest absolute Gasteiger partial charge is 0.345 e. The third kappa shape index (κ3) is 3.99. The molecule has 0 aliphatic carbocycles. The zero-order valence-electron chi connectivity index (χ0n) is 16.5. The summed E-state index contributed by atoms with van der Waals surface area (Å²) in [6, 6.07) is 8.69. The normalized spacial score (nSPS) is 13.4. The second-order valence-electron chi connectivity index (χ2n) is 6.73. The van der Waals surface area contributed by atoms with Gasteiger partial charge in [-0.15, -0.1) is 0 Å². The number of allylic oxidation sites excluding steroid dienone is 1. The number of fused-ring (bicyclic) bond motifs is 1. The summed E-state index contributed by atoms with van der Waals surface area (Å²) in [6.45, 7) is 1.87. The van der Waals surface area contributed by atoms with E-state index in [1.54, 1.807) is 43.6 Å². The van der Waals surface area contributed by atoms with Gasteiger partial charge < -0.3 is 29.8 Å². The van der Waals surface area contributed by atoms with Gasteiger partial charge in [0.25, 0.3) is 0 Å². The van der Waals surface area contributed by atoms with Gasteiger partial charge in [0.2, 0.25) is 5.88 Å². The van der Waals surface area contributed by atoms with Crippen LogP contribution in [0.1, 0.15) is 27.2 Å². The van der Waals surface area contributed by atoms with Gasteiger partial charge in [-0.1, -0.05) is 0 Å². The van der Waals surface area contributed by atoms with E-state index in [9.17, 15) is 15.0 Å². The molecule has 9 nitrogen and oxygen atoms in total. The molecule has 0 fully saturated rings. The van der Waals surface area contributed by atoms with Crippen molar-refractivity contribution in [1.82, 2.24) is 4.98 Å². The molecule has 4 N–H and O–H groups in total. The first-order chi connectivity index (χ1) is 15.0. The number of aryl methyl sites for hydroxylation is 1. The van der Waals surface area contributed by atoms with E-state index in [1.807, 2.05) is 6.07 Å². The van der Waals surface area contributed by atoms with E-state index in [-0.39, 0.29) is 30.4 Å². The van der Waals surface area contributed by atoms with Gasteiger partial charge in [0.15, 0.2) is 22.9 Å². The number of aromatic nitrogens is 1. The van der Waals surface area contributed by atoms with E-state index in [4.69, 9.17) is 14.3 Å². The van der Waals surface area contributed by atoms with E-state index in [2.05, 4.69) is 15.3 Å². The largest absolute Gasteiger partial charge is 0.504 e. The number of pyridine rings is 1. The summed E-state index contributed by atoms with van der Waals surface area (Å²) in [5.74, 6) is -0.847. The van der Waals surface area contributed by atoms with Gasteiger partial charge in [-0.2, -0.15) is 0 Å². The zero-order chi connectivity index (χ0) is 22.0. The Balaban J connectivity index is 1.68. The fourth-order valence-electron chi connectivity index (χ4n) is 3.16. The van der Waals surface area contributed by atoms with E-state index < -0.39 is 11.7 Å². The number of anilines is 2. The number of aromatic hydroxyl groups is 1. The van der Waals surface area contributed by atoms with Crippen LogP contribution in [0.3, 0.4) is 0 Å². The Bertz CT molecular complexity index is 1210. The van der Waals surface area contributed by atoms with Crippen LogP contribution in [0.2, 0.25) is 0 Å². The van der Waals surface area contributed by atoms with Crippen molar-refractivity contribution in [2.24, 2.45) is 4.99 Å². The minimum absolute atomic E-state index is 0.0152. The number of rotatable bonds is 7. The Labute approximate surface area is 177 Å². The highest BCUT2D eigenvalue weighted by Crippen LogP contribution is 2.39. The van der Waals surface area contributed by atoms with Gasteiger partial charge in [-0.05, 0) is 48.9 Å². The number of aliphatic imine (C=N–C) groups is 1. The standard InChI is InChI=1S/C22H19N3O6/c1-12-9-14(30-8-7-26)4-5-16(12)25-21-18(22(28)29)19(27)17(31-21)10-13-11-24-20-15(13)3-2-6-23-20/h2-6,9-11,25-27H,7-8H2,1H3,(H,28,29). The summed E-state index contributed by atoms with van der Waals surface area (Å²) < 4.78 is 11.0. The molecule has 31 heavy (non-hydrogen) atoms. The lowest BCUT2D eigenvalue weighted by molar-refractivity contribution is 0.0695. The van der Waals surface area contributed by atoms with Crippen LogP contribution in [0.15, 0.2) is 45.9 Å². The van der Waals surface area contributed by atoms with Crippen LogP contribution in [0.4, 0.5) is 17.4 Å². The number of carboxylic acids is 1. The van der Waals surface area contributed by atoms with Crippen LogP contribution in [-0.4, -0.2) is 45.7 Å². The molecule has 0 saturated carbocycles. The summed E-state index contributed by atoms with van der Waals surface area (Å²) >= 11 is 0. The van der Waals surface area contributed by atoms with Gasteiger partial charge in [0.05, 0.1) is 6.61 Å². The second kappa shape index (κ2) is 8.33. The molecule has 3 heterocycles. The van der Waals surface area contributed by atoms with Crippen molar-refractivity contribution >= 4 is 41.2 Å². The van der Waals surface area contributed by atoms with Crippen molar-refractivity contribution in [3.63, 3.8) is 0 Å². The number of furan rings is 1. The van der Waals surface area contributed by atoms with E-state index in [1.165, 1.54) is 6.08 Å². The monoisotopic (exact) mass is 421 g/mol. The number of nitrogens with zero attached hydrogens (tertiary/aromatic N) is 2. The number of hydrogen-bond donors (Lipinski definition) is 4. The Hall–Kier alpha value is -4.11. The summed E-state index contributed by atoms with van der Waals surface area (Å²) in [5, 5.41) is 31.9. The van der Waals surface area contributed by atoms with Crippen LogP contribution in [0.25, 0.3) is 11.6 Å². The van der Waals surface area contributed by atoms with Gasteiger partial charge in [0, 0.05) is 29.2 Å².